The predicted molar refractivity (Wildman–Crippen MR) is 99.7 cm³/mol. The van der Waals surface area contributed by atoms with Crippen LogP contribution in [0.15, 0.2) is 0 Å². The molecule has 0 fully saturated rings. The molecule has 0 unspecified atom stereocenters. The molecule has 0 rings (SSSR count). The molecule has 144 valence electrons. The molecule has 0 atom stereocenters. The Morgan fingerprint density at radius 1 is 0.600 bits per heavy atom. The molecule has 0 saturated carbocycles. The minimum Gasteiger partial charge on any atom is -0.412 e. The van der Waals surface area contributed by atoms with Gasteiger partial charge in [0.2, 0.25) is 0 Å². The lowest BCUT2D eigenvalue weighted by molar-refractivity contribution is -0.191. The van der Waals surface area contributed by atoms with Gasteiger partial charge in [-0.1, -0.05) is 74.3 Å². The molecule has 0 saturated heterocycles. The first-order chi connectivity index (χ1) is 3.15. The summed E-state index contributed by atoms with van der Waals surface area (Å²) in [6.07, 6.45) is 0.250. The van der Waals surface area contributed by atoms with Gasteiger partial charge in [0.15, 0.2) is 0 Å². The van der Waals surface area contributed by atoms with E-state index in [2.05, 4.69) is 11.5 Å². The lowest BCUT2D eigenvalue weighted by Crippen LogP contribution is -2.18. The Morgan fingerprint density at radius 2 is 0.600 bits per heavy atom. The van der Waals surface area contributed by atoms with Crippen molar-refractivity contribution in [1.82, 2.24) is 12.3 Å². The van der Waals surface area contributed by atoms with Crippen molar-refractivity contribution in [2.24, 2.45) is 11.5 Å². The third-order valence-corrected chi connectivity index (χ3v) is 0. The van der Waals surface area contributed by atoms with Crippen molar-refractivity contribution >= 4 is 12.2 Å². The maximum absolute atomic E-state index is 9.00. The van der Waals surface area contributed by atoms with Gasteiger partial charge < -0.3 is 29.2 Å². The maximum Gasteiger partial charge on any atom is 0.373 e. The number of carbonyl (C=O) groups excluding carboxylic acids is 3. The topological polar surface area (TPSA) is 205 Å². The molecule has 0 aliphatic carbocycles. The van der Waals surface area contributed by atoms with Gasteiger partial charge in [-0.05, 0) is 0 Å². The van der Waals surface area contributed by atoms with Gasteiger partial charge in [0.25, 0.3) is 0 Å². The quantitative estimate of drug-likeness (QED) is 0.513. The third kappa shape index (κ3) is 1840. The molecule has 8 nitrogen and oxygen atoms in total. The Balaban J connectivity index is -0.00000000117. The summed E-state index contributed by atoms with van der Waals surface area (Å²) in [5, 5.41) is 0. The van der Waals surface area contributed by atoms with Gasteiger partial charge in [0.05, 0.1) is 0 Å². The highest BCUT2D eigenvalue weighted by molar-refractivity contribution is 5.69. The molecule has 8 heteroatoms. The molecule has 0 aliphatic heterocycles. The van der Waals surface area contributed by atoms with Gasteiger partial charge in [-0.15, -0.1) is 0 Å². The van der Waals surface area contributed by atoms with Crippen LogP contribution in [0.25, 0.3) is 0 Å². The fraction of sp³-hybridized carbons (Fsp3) is 0.833. The summed E-state index contributed by atoms with van der Waals surface area (Å²) in [7, 11) is 0. The Morgan fingerprint density at radius 3 is 0.600 bits per heavy atom. The zero-order valence-electron chi connectivity index (χ0n) is 5.29. The average Bonchev–Trinajstić information content (AvgIpc) is 1.33. The second-order valence-electron chi connectivity index (χ2n) is 0.486. The SMILES string of the molecule is C.C.C.C.C.C.C.C.C.C.N.N.NC(N)=O.O.O=C=O. The van der Waals surface area contributed by atoms with E-state index in [1.165, 1.54) is 0 Å². The summed E-state index contributed by atoms with van der Waals surface area (Å²) in [6.45, 7) is 0. The molecule has 2 amide bonds. The number of nitrogens with two attached hydrogens (primary N) is 2. The molecule has 20 heavy (non-hydrogen) atoms. The van der Waals surface area contributed by atoms with Gasteiger partial charge >= 0.3 is 12.2 Å². The molecule has 0 aromatic heterocycles. The number of rotatable bonds is 0. The van der Waals surface area contributed by atoms with Gasteiger partial charge in [-0.2, -0.15) is 9.59 Å². The number of hydrogen-bond donors (Lipinski definition) is 4. The van der Waals surface area contributed by atoms with E-state index in [9.17, 15) is 0 Å². The first-order valence-electron chi connectivity index (χ1n) is 1.19. The van der Waals surface area contributed by atoms with Gasteiger partial charge in [0, 0.05) is 0 Å². The van der Waals surface area contributed by atoms with Crippen LogP contribution >= 0.6 is 0 Å². The summed E-state index contributed by atoms with van der Waals surface area (Å²) >= 11 is 0. The summed E-state index contributed by atoms with van der Waals surface area (Å²) < 4.78 is 0. The Kier molecular flexibility index (Phi) is 17100. The largest absolute Gasteiger partial charge is 0.412 e. The molecule has 0 bridgehead atoms. The molecule has 12 N–H and O–H groups in total. The standard InChI is InChI=1S/CH4N2O.CO2.10CH4.2H3N.H2O/c2-1(3)4;2-1-3;;;;;;;;;;;;;/h(H4,2,3,4);;10*1H4;2*1H3;1H2. The van der Waals surface area contributed by atoms with Crippen LogP contribution < -0.4 is 23.8 Å². The van der Waals surface area contributed by atoms with Gasteiger partial charge in [-0.25, -0.2) is 4.79 Å². The first kappa shape index (κ1) is 457. The minimum atomic E-state index is -0.833. The van der Waals surface area contributed by atoms with Crippen molar-refractivity contribution in [3.8, 4) is 0 Å². The van der Waals surface area contributed by atoms with Crippen molar-refractivity contribution in [2.75, 3.05) is 0 Å². The summed E-state index contributed by atoms with van der Waals surface area (Å²) in [6, 6.07) is -0.833. The van der Waals surface area contributed by atoms with Crippen molar-refractivity contribution in [3.05, 3.63) is 0 Å². The van der Waals surface area contributed by atoms with E-state index < -0.39 is 6.03 Å². The molecular weight excluding hydrogens is 264 g/mol. The van der Waals surface area contributed by atoms with E-state index in [0.717, 1.165) is 0 Å². The highest BCUT2D eigenvalue weighted by atomic mass is 16.2. The van der Waals surface area contributed by atoms with Crippen LogP contribution in [0, 0.1) is 0 Å². The van der Waals surface area contributed by atoms with Gasteiger partial charge in [-0.3, -0.25) is 0 Å². The fourth-order valence-corrected chi connectivity index (χ4v) is 0. The second kappa shape index (κ2) is 748. The normalized spacial score (nSPS) is 1.60. The van der Waals surface area contributed by atoms with Crippen LogP contribution in [0.4, 0.5) is 4.79 Å². The monoisotopic (exact) mass is 316 g/mol. The Bertz CT molecular complexity index is 95.5. The number of hydrogen-bond acceptors (Lipinski definition) is 5. The summed E-state index contributed by atoms with van der Waals surface area (Å²) in [5.41, 5.74) is 8.50. The van der Waals surface area contributed by atoms with Crippen LogP contribution in [0.2, 0.25) is 0 Å². The minimum absolute atomic E-state index is 0. The zero-order valence-corrected chi connectivity index (χ0v) is 5.29. The highest BCUT2D eigenvalue weighted by Gasteiger charge is 1.60. The molecular formula is C12H52N4O4. The van der Waals surface area contributed by atoms with E-state index in [-0.39, 0.29) is 98.2 Å². The predicted octanol–water partition coefficient (Wildman–Crippen LogP) is 4.30. The van der Waals surface area contributed by atoms with Crippen molar-refractivity contribution < 1.29 is 19.9 Å². The van der Waals surface area contributed by atoms with E-state index in [1.807, 2.05) is 0 Å². The second-order valence-corrected chi connectivity index (χ2v) is 0.486. The maximum atomic E-state index is 9.00. The first-order valence-corrected chi connectivity index (χ1v) is 1.19. The molecule has 0 spiro atoms. The molecule has 0 aromatic carbocycles. The van der Waals surface area contributed by atoms with Crippen LogP contribution in [-0.2, 0) is 9.59 Å². The number of primary amides is 2. The Hall–Kier alpha value is -1.47. The van der Waals surface area contributed by atoms with Crippen LogP contribution in [0.3, 0.4) is 0 Å². The fourth-order valence-electron chi connectivity index (χ4n) is 0. The zero-order chi connectivity index (χ0) is 6.28. The van der Waals surface area contributed by atoms with E-state index in [0.29, 0.717) is 0 Å². The van der Waals surface area contributed by atoms with E-state index >= 15 is 0 Å². The van der Waals surface area contributed by atoms with Crippen molar-refractivity contribution in [2.45, 2.75) is 74.3 Å². The summed E-state index contributed by atoms with van der Waals surface area (Å²) in [4.78, 5) is 25.2. The van der Waals surface area contributed by atoms with Crippen LogP contribution in [0.1, 0.15) is 74.3 Å². The molecule has 0 radical (unpaired) electrons. The number of amides is 2. The lowest BCUT2D eigenvalue weighted by Gasteiger charge is -1.62. The molecule has 0 aromatic rings. The summed E-state index contributed by atoms with van der Waals surface area (Å²) in [5.74, 6) is 0. The van der Waals surface area contributed by atoms with Crippen LogP contribution in [0.5, 0.6) is 0 Å². The molecule has 0 heterocycles. The van der Waals surface area contributed by atoms with E-state index in [4.69, 9.17) is 14.4 Å². The van der Waals surface area contributed by atoms with Crippen LogP contribution in [-0.4, -0.2) is 17.7 Å². The molecule has 0 aliphatic rings. The smallest absolute Gasteiger partial charge is 0.373 e. The van der Waals surface area contributed by atoms with E-state index in [1.54, 1.807) is 0 Å². The van der Waals surface area contributed by atoms with Crippen molar-refractivity contribution in [3.63, 3.8) is 0 Å². The average molecular weight is 317 g/mol. The highest BCUT2D eigenvalue weighted by Crippen LogP contribution is 1.25. The number of carbonyl (C=O) groups is 1. The number of urea groups is 1. The van der Waals surface area contributed by atoms with Crippen molar-refractivity contribution in [1.29, 1.82) is 0 Å². The Labute approximate surface area is 131 Å². The lowest BCUT2D eigenvalue weighted by atomic mass is 11.2. The van der Waals surface area contributed by atoms with Gasteiger partial charge in [0.1, 0.15) is 0 Å². The third-order valence-electron chi connectivity index (χ3n) is 0.